The Morgan fingerprint density at radius 1 is 0.223 bits per heavy atom. The molecule has 24 heteroatoms. The summed E-state index contributed by atoms with van der Waals surface area (Å²) in [6.45, 7) is 55.0. The number of hydrogen-bond donors (Lipinski definition) is 4. The summed E-state index contributed by atoms with van der Waals surface area (Å²) in [4.78, 5) is 112. The fourth-order valence-corrected chi connectivity index (χ4v) is 47.5. The lowest BCUT2D eigenvalue weighted by Crippen LogP contribution is -2.42. The molecule has 0 unspecified atom stereocenters. The molecular formula is C88H168N4O12Si8. The zero-order valence-corrected chi connectivity index (χ0v) is 84.3. The van der Waals surface area contributed by atoms with Crippen molar-refractivity contribution in [3.63, 3.8) is 0 Å². The van der Waals surface area contributed by atoms with Crippen molar-refractivity contribution in [2.45, 2.75) is 414 Å². The fraction of sp³-hybridized carbons (Fsp3) is 0.773. The number of hydrogen-bond acceptors (Lipinski definition) is 12. The number of nitrogens with one attached hydrogen (secondary N) is 4. The maximum absolute atomic E-state index is 14.0. The van der Waals surface area contributed by atoms with Gasteiger partial charge in [-0.25, -0.2) is 0 Å². The molecule has 0 aromatic heterocycles. The first-order valence-corrected chi connectivity index (χ1v) is 70.7. The Balaban J connectivity index is 0.00000112. The number of rotatable bonds is 64. The van der Waals surface area contributed by atoms with Crippen LogP contribution in [0.1, 0.15) is 342 Å². The van der Waals surface area contributed by atoms with Crippen LogP contribution in [0, 0.1) is 0 Å². The van der Waals surface area contributed by atoms with Gasteiger partial charge in [-0.1, -0.05) is 182 Å². The van der Waals surface area contributed by atoms with E-state index in [4.69, 9.17) is 16.5 Å². The van der Waals surface area contributed by atoms with Gasteiger partial charge in [0, 0.05) is 74.1 Å². The van der Waals surface area contributed by atoms with Crippen LogP contribution in [-0.2, 0) is 16.5 Å². The molecule has 0 aliphatic carbocycles. The standard InChI is InChI=1S/2C44H84N2O6Si4/c1-13-15-17-19-21-22-24-29-41(47)37-35-38(42(48)30-25-27-33-55(9,10)51-53(3,4)5)39(43(49)45-31-26-23-20-18-16-14-2)36-40(37)44(50)46-32-28-34-56(11,12)52-54(6,7)8;1-13-15-17-19-21-23-25-29-41(47)37-35-38(42(48)30-26-24-22-20-18-16-14-2)40(44(50)46-32-28-34-56(11,12)52-54(6,7)8)36-39(37)43(49)45-31-27-33-55(9,10)51-53(3,4)5/h2*35-36H,13-34H2,1-12H3,(H,45,49)(H,46,50). The molecule has 644 valence electrons. The molecule has 16 nitrogen and oxygen atoms in total. The molecule has 4 N–H and O–H groups in total. The van der Waals surface area contributed by atoms with Gasteiger partial charge in [0.05, 0.1) is 22.3 Å². The predicted molar refractivity (Wildman–Crippen MR) is 495 cm³/mol. The average molecular weight is 1700 g/mol. The molecule has 0 saturated carbocycles. The van der Waals surface area contributed by atoms with Crippen LogP contribution in [0.3, 0.4) is 0 Å². The molecule has 2 rings (SSSR count). The Bertz CT molecular complexity index is 2920. The van der Waals surface area contributed by atoms with E-state index in [0.717, 1.165) is 146 Å². The van der Waals surface area contributed by atoms with Crippen molar-refractivity contribution in [2.75, 3.05) is 26.2 Å². The van der Waals surface area contributed by atoms with Crippen molar-refractivity contribution in [1.82, 2.24) is 21.3 Å². The molecule has 0 atom stereocenters. The summed E-state index contributed by atoms with van der Waals surface area (Å²) in [6, 6.07) is 9.89. The number of amides is 4. The highest BCUT2D eigenvalue weighted by atomic mass is 28.4. The van der Waals surface area contributed by atoms with E-state index in [-0.39, 0.29) is 97.7 Å². The summed E-state index contributed by atoms with van der Waals surface area (Å²) < 4.78 is 26.0. The van der Waals surface area contributed by atoms with Gasteiger partial charge in [0.2, 0.25) is 0 Å². The van der Waals surface area contributed by atoms with Crippen LogP contribution >= 0.6 is 0 Å². The fourth-order valence-electron chi connectivity index (χ4n) is 15.1. The van der Waals surface area contributed by atoms with Crippen LogP contribution < -0.4 is 21.3 Å². The van der Waals surface area contributed by atoms with E-state index >= 15 is 0 Å². The lowest BCUT2D eigenvalue weighted by atomic mass is 9.90. The van der Waals surface area contributed by atoms with Gasteiger partial charge in [-0.2, -0.15) is 0 Å². The minimum Gasteiger partial charge on any atom is -0.456 e. The molecule has 0 spiro atoms. The minimum atomic E-state index is -1.89. The summed E-state index contributed by atoms with van der Waals surface area (Å²) in [5, 5.41) is 12.2. The smallest absolute Gasteiger partial charge is 0.252 e. The van der Waals surface area contributed by atoms with Gasteiger partial charge in [0.1, 0.15) is 0 Å². The van der Waals surface area contributed by atoms with Crippen LogP contribution in [0.2, 0.25) is 155 Å². The first kappa shape index (κ1) is 107. The SMILES string of the molecule is CCCCCCCCCC(=O)c1cc(C(=O)CCCCCCCCC)c(C(=O)NCCC[Si](C)(C)O[Si](C)(C)C)cc1C(=O)NCCC[Si](C)(C)O[Si](C)(C)C.CCCCCCCCCC(=O)c1cc(C(=O)CCCC[Si](C)(C)O[Si](C)(C)C)c(C(=O)NCCCCCCCC)cc1C(=O)NCCC[Si](C)(C)O[Si](C)(C)C. The predicted octanol–water partition coefficient (Wildman–Crippen LogP) is 25.4. The Morgan fingerprint density at radius 2 is 0.393 bits per heavy atom. The molecule has 0 aliphatic heterocycles. The molecule has 112 heavy (non-hydrogen) atoms. The normalized spacial score (nSPS) is 12.5. The highest BCUT2D eigenvalue weighted by Gasteiger charge is 2.35. The van der Waals surface area contributed by atoms with E-state index in [2.05, 4.69) is 180 Å². The van der Waals surface area contributed by atoms with Gasteiger partial charge >= 0.3 is 0 Å². The molecule has 2 aromatic rings. The van der Waals surface area contributed by atoms with Crippen molar-refractivity contribution in [1.29, 1.82) is 0 Å². The maximum Gasteiger partial charge on any atom is 0.252 e. The first-order chi connectivity index (χ1) is 52.2. The van der Waals surface area contributed by atoms with E-state index in [1.54, 1.807) is 12.1 Å². The molecule has 0 fully saturated rings. The van der Waals surface area contributed by atoms with Crippen molar-refractivity contribution in [2.24, 2.45) is 0 Å². The number of benzene rings is 2. The summed E-state index contributed by atoms with van der Waals surface area (Å²) in [5.41, 5.74) is 1.74. The number of unbranched alkanes of at least 4 members (excludes halogenated alkanes) is 24. The molecule has 0 bridgehead atoms. The van der Waals surface area contributed by atoms with Gasteiger partial charge < -0.3 is 37.7 Å². The Labute approximate surface area is 693 Å². The Kier molecular flexibility index (Phi) is 52.7. The third-order valence-electron chi connectivity index (χ3n) is 19.8. The lowest BCUT2D eigenvalue weighted by Gasteiger charge is -2.31. The second kappa shape index (κ2) is 55.4. The molecule has 0 saturated heterocycles. The van der Waals surface area contributed by atoms with E-state index < -0.39 is 66.5 Å². The van der Waals surface area contributed by atoms with Crippen LogP contribution in [0.5, 0.6) is 0 Å². The van der Waals surface area contributed by atoms with Gasteiger partial charge in [-0.05, 0) is 231 Å². The summed E-state index contributed by atoms with van der Waals surface area (Å²) in [5.74, 6) is -2.10. The highest BCUT2D eigenvalue weighted by molar-refractivity contribution is 6.86. The third kappa shape index (κ3) is 51.0. The van der Waals surface area contributed by atoms with Crippen molar-refractivity contribution in [3.8, 4) is 0 Å². The Morgan fingerprint density at radius 3 is 0.607 bits per heavy atom. The van der Waals surface area contributed by atoms with Gasteiger partial charge in [-0.3, -0.25) is 38.4 Å². The van der Waals surface area contributed by atoms with Gasteiger partial charge in [0.15, 0.2) is 89.7 Å². The number of ketones is 4. The summed E-state index contributed by atoms with van der Waals surface area (Å²) >= 11 is 0. The van der Waals surface area contributed by atoms with Crippen molar-refractivity contribution >= 4 is 113 Å². The van der Waals surface area contributed by atoms with Crippen molar-refractivity contribution < 1.29 is 54.8 Å². The van der Waals surface area contributed by atoms with E-state index in [1.807, 2.05) is 0 Å². The molecule has 0 heterocycles. The lowest BCUT2D eigenvalue weighted by molar-refractivity contribution is 0.0918. The van der Waals surface area contributed by atoms with Gasteiger partial charge in [-0.15, -0.1) is 0 Å². The molecule has 0 radical (unpaired) electrons. The largest absolute Gasteiger partial charge is 0.456 e. The molecule has 0 aliphatic rings. The number of carbonyl (C=O) groups is 8. The highest BCUT2D eigenvalue weighted by Crippen LogP contribution is 2.30. The van der Waals surface area contributed by atoms with Crippen LogP contribution in [-0.4, -0.2) is 139 Å². The van der Waals surface area contributed by atoms with E-state index in [1.165, 1.54) is 89.2 Å². The number of Topliss-reactive ketones (excluding diaryl/α,β-unsaturated/α-hetero) is 4. The summed E-state index contributed by atoms with van der Waals surface area (Å²) in [7, 11) is -14.3. The second-order valence-corrected chi connectivity index (χ2v) is 74.6. The zero-order valence-electron chi connectivity index (χ0n) is 76.3. The monoisotopic (exact) mass is 1700 g/mol. The number of carbonyl (C=O) groups excluding carboxylic acids is 8. The van der Waals surface area contributed by atoms with E-state index in [0.29, 0.717) is 51.9 Å². The third-order valence-corrected chi connectivity index (χ3v) is 44.7. The maximum atomic E-state index is 14.0. The van der Waals surface area contributed by atoms with Crippen LogP contribution in [0.15, 0.2) is 24.3 Å². The van der Waals surface area contributed by atoms with Gasteiger partial charge in [0.25, 0.3) is 23.6 Å². The second-order valence-electron chi connectivity index (χ2n) is 38.4. The van der Waals surface area contributed by atoms with E-state index in [9.17, 15) is 38.4 Å². The van der Waals surface area contributed by atoms with Crippen LogP contribution in [0.25, 0.3) is 0 Å². The summed E-state index contributed by atoms with van der Waals surface area (Å²) in [6.07, 6.45) is 34.2. The average Bonchev–Trinajstić information content (AvgIpc) is 0.790. The Hall–Kier alpha value is -3.42. The molecular weight excluding hydrogens is 1530 g/mol. The molecule has 2 aromatic carbocycles. The van der Waals surface area contributed by atoms with Crippen LogP contribution in [0.4, 0.5) is 0 Å². The minimum absolute atomic E-state index is 0.146. The topological polar surface area (TPSA) is 222 Å². The van der Waals surface area contributed by atoms with Crippen molar-refractivity contribution in [3.05, 3.63) is 68.8 Å². The molecule has 4 amide bonds. The quantitative estimate of drug-likeness (QED) is 0.0276. The zero-order chi connectivity index (χ0) is 84.8. The first-order valence-electron chi connectivity index (χ1n) is 44.6.